The Balaban J connectivity index is 1.38. The van der Waals surface area contributed by atoms with Crippen LogP contribution in [0.1, 0.15) is 27.2 Å². The summed E-state index contributed by atoms with van der Waals surface area (Å²) in [4.78, 5) is 30.1. The van der Waals surface area contributed by atoms with Gasteiger partial charge in [-0.2, -0.15) is 4.98 Å². The Morgan fingerprint density at radius 1 is 1.12 bits per heavy atom. The van der Waals surface area contributed by atoms with Crippen molar-refractivity contribution in [2.24, 2.45) is 0 Å². The SMILES string of the molecule is CC(C)(C)OC(=O)N1C[C@@H]2C[C@H]1CN2c1ccc2ncnc(Oc3cccc(Cl)c3)c2n1. The van der Waals surface area contributed by atoms with Crippen molar-refractivity contribution >= 4 is 34.5 Å². The molecule has 2 aliphatic heterocycles. The largest absolute Gasteiger partial charge is 0.444 e. The van der Waals surface area contributed by atoms with Crippen LogP contribution in [0.5, 0.6) is 11.6 Å². The first-order valence-electron chi connectivity index (χ1n) is 10.6. The molecule has 2 saturated heterocycles. The number of rotatable bonds is 3. The van der Waals surface area contributed by atoms with Crippen LogP contribution in [0.2, 0.25) is 5.02 Å². The van der Waals surface area contributed by atoms with Crippen molar-refractivity contribution in [3.8, 4) is 11.6 Å². The minimum atomic E-state index is -0.502. The molecule has 9 heteroatoms. The number of benzene rings is 1. The summed E-state index contributed by atoms with van der Waals surface area (Å²) in [5.74, 6) is 1.77. The lowest BCUT2D eigenvalue weighted by Crippen LogP contribution is -2.50. The number of likely N-dealkylation sites (tertiary alicyclic amines) is 1. The Morgan fingerprint density at radius 2 is 1.97 bits per heavy atom. The van der Waals surface area contributed by atoms with Crippen molar-refractivity contribution in [3.05, 3.63) is 47.7 Å². The second kappa shape index (κ2) is 7.78. The van der Waals surface area contributed by atoms with Gasteiger partial charge in [-0.15, -0.1) is 0 Å². The first kappa shape index (κ1) is 20.8. The van der Waals surface area contributed by atoms with Crippen molar-refractivity contribution in [1.29, 1.82) is 0 Å². The number of piperazine rings is 1. The highest BCUT2D eigenvalue weighted by atomic mass is 35.5. The van der Waals surface area contributed by atoms with Gasteiger partial charge < -0.3 is 19.3 Å². The third-order valence-corrected chi connectivity index (χ3v) is 5.84. The molecule has 5 rings (SSSR count). The predicted molar refractivity (Wildman–Crippen MR) is 121 cm³/mol. The number of anilines is 1. The van der Waals surface area contributed by atoms with Gasteiger partial charge in [-0.05, 0) is 57.5 Å². The van der Waals surface area contributed by atoms with Crippen molar-refractivity contribution in [1.82, 2.24) is 19.9 Å². The second-order valence-electron chi connectivity index (χ2n) is 9.10. The van der Waals surface area contributed by atoms with Crippen LogP contribution in [0, 0.1) is 0 Å². The van der Waals surface area contributed by atoms with E-state index in [1.165, 1.54) is 6.33 Å². The fourth-order valence-electron chi connectivity index (χ4n) is 4.28. The maximum absolute atomic E-state index is 12.5. The molecule has 0 aliphatic carbocycles. The number of amides is 1. The van der Waals surface area contributed by atoms with Crippen molar-refractivity contribution < 1.29 is 14.3 Å². The number of carbonyl (C=O) groups excluding carboxylic acids is 1. The molecule has 3 aromatic rings. The molecule has 0 unspecified atom stereocenters. The van der Waals surface area contributed by atoms with Crippen LogP contribution in [0.3, 0.4) is 0 Å². The van der Waals surface area contributed by atoms with Crippen LogP contribution in [0.4, 0.5) is 10.6 Å². The summed E-state index contributed by atoms with van der Waals surface area (Å²) in [6.07, 6.45) is 2.11. The molecule has 0 spiro atoms. The lowest BCUT2D eigenvalue weighted by Gasteiger charge is -2.35. The molecule has 8 nitrogen and oxygen atoms in total. The van der Waals surface area contributed by atoms with Gasteiger partial charge in [-0.25, -0.2) is 14.8 Å². The number of pyridine rings is 1. The van der Waals surface area contributed by atoms with Gasteiger partial charge >= 0.3 is 6.09 Å². The third-order valence-electron chi connectivity index (χ3n) is 5.61. The maximum atomic E-state index is 12.5. The van der Waals surface area contributed by atoms with E-state index in [-0.39, 0.29) is 18.2 Å². The Hall–Kier alpha value is -3.13. The number of carbonyl (C=O) groups is 1. The highest BCUT2D eigenvalue weighted by Gasteiger charge is 2.47. The first-order valence-corrected chi connectivity index (χ1v) is 11.0. The predicted octanol–water partition coefficient (Wildman–Crippen LogP) is 4.67. The Morgan fingerprint density at radius 3 is 2.69 bits per heavy atom. The van der Waals surface area contributed by atoms with E-state index in [0.717, 1.165) is 12.2 Å². The number of fused-ring (bicyclic) bond motifs is 3. The van der Waals surface area contributed by atoms with E-state index >= 15 is 0 Å². The molecule has 2 bridgehead atoms. The van der Waals surface area contributed by atoms with Gasteiger partial charge in [0, 0.05) is 18.1 Å². The smallest absolute Gasteiger partial charge is 0.410 e. The number of hydrogen-bond donors (Lipinski definition) is 0. The fraction of sp³-hybridized carbons (Fsp3) is 0.391. The van der Waals surface area contributed by atoms with Gasteiger partial charge in [0.15, 0.2) is 5.52 Å². The minimum absolute atomic E-state index is 0.113. The molecular weight excluding hydrogens is 430 g/mol. The first-order chi connectivity index (χ1) is 15.3. The number of aromatic nitrogens is 3. The lowest BCUT2D eigenvalue weighted by molar-refractivity contribution is 0.0214. The number of hydrogen-bond acceptors (Lipinski definition) is 7. The summed E-state index contributed by atoms with van der Waals surface area (Å²) in [7, 11) is 0. The Labute approximate surface area is 191 Å². The molecule has 1 aromatic carbocycles. The summed E-state index contributed by atoms with van der Waals surface area (Å²) in [5, 5.41) is 0.581. The molecule has 2 fully saturated rings. The van der Waals surface area contributed by atoms with E-state index in [1.807, 2.05) is 49.9 Å². The number of halogens is 1. The minimum Gasteiger partial charge on any atom is -0.444 e. The van der Waals surface area contributed by atoms with Gasteiger partial charge in [0.1, 0.15) is 23.5 Å². The second-order valence-corrected chi connectivity index (χ2v) is 9.54. The van der Waals surface area contributed by atoms with Crippen LogP contribution in [0.25, 0.3) is 11.0 Å². The maximum Gasteiger partial charge on any atom is 0.410 e. The molecular formula is C23H24ClN5O3. The van der Waals surface area contributed by atoms with Gasteiger partial charge in [0.25, 0.3) is 0 Å². The lowest BCUT2D eigenvalue weighted by atomic mass is 10.2. The number of ether oxygens (including phenoxy) is 2. The normalized spacial score (nSPS) is 20.1. The summed E-state index contributed by atoms with van der Waals surface area (Å²) >= 11 is 6.07. The number of nitrogens with zero attached hydrogens (tertiary/aromatic N) is 5. The zero-order chi connectivity index (χ0) is 22.5. The highest BCUT2D eigenvalue weighted by molar-refractivity contribution is 6.30. The van der Waals surface area contributed by atoms with E-state index in [9.17, 15) is 4.79 Å². The average Bonchev–Trinajstić information content (AvgIpc) is 3.34. The Kier molecular flexibility index (Phi) is 5.04. The monoisotopic (exact) mass is 453 g/mol. The zero-order valence-corrected chi connectivity index (χ0v) is 18.9. The average molecular weight is 454 g/mol. The van der Waals surface area contributed by atoms with Crippen LogP contribution in [0.15, 0.2) is 42.7 Å². The molecule has 2 aromatic heterocycles. The van der Waals surface area contributed by atoms with E-state index in [1.54, 1.807) is 12.1 Å². The molecule has 2 aliphatic rings. The summed E-state index contributed by atoms with van der Waals surface area (Å²) < 4.78 is 11.5. The molecule has 1 amide bonds. The van der Waals surface area contributed by atoms with E-state index in [4.69, 9.17) is 26.1 Å². The van der Waals surface area contributed by atoms with Crippen molar-refractivity contribution in [2.75, 3.05) is 18.0 Å². The Bertz CT molecular complexity index is 1180. The summed E-state index contributed by atoms with van der Waals surface area (Å²) in [6, 6.07) is 11.3. The quantitative estimate of drug-likeness (QED) is 0.570. The summed E-state index contributed by atoms with van der Waals surface area (Å²) in [6.45, 7) is 6.98. The van der Waals surface area contributed by atoms with Crippen LogP contribution >= 0.6 is 11.6 Å². The third kappa shape index (κ3) is 4.02. The zero-order valence-electron chi connectivity index (χ0n) is 18.2. The van der Waals surface area contributed by atoms with Gasteiger partial charge in [0.05, 0.1) is 17.6 Å². The fourth-order valence-corrected chi connectivity index (χ4v) is 4.46. The molecule has 2 atom stereocenters. The summed E-state index contributed by atoms with van der Waals surface area (Å²) in [5.41, 5.74) is 0.773. The van der Waals surface area contributed by atoms with Gasteiger partial charge in [0.2, 0.25) is 5.88 Å². The van der Waals surface area contributed by atoms with Crippen molar-refractivity contribution in [3.63, 3.8) is 0 Å². The molecule has 0 saturated carbocycles. The molecule has 0 N–H and O–H groups in total. The van der Waals surface area contributed by atoms with E-state index in [0.29, 0.717) is 40.8 Å². The molecule has 166 valence electrons. The van der Waals surface area contributed by atoms with Gasteiger partial charge in [-0.3, -0.25) is 0 Å². The highest BCUT2D eigenvalue weighted by Crippen LogP contribution is 2.36. The van der Waals surface area contributed by atoms with Crippen molar-refractivity contribution in [2.45, 2.75) is 44.9 Å². The van der Waals surface area contributed by atoms with Crippen LogP contribution in [-0.2, 0) is 4.74 Å². The topological polar surface area (TPSA) is 80.7 Å². The molecule has 0 radical (unpaired) electrons. The van der Waals surface area contributed by atoms with Crippen LogP contribution < -0.4 is 9.64 Å². The molecule has 4 heterocycles. The van der Waals surface area contributed by atoms with Gasteiger partial charge in [-0.1, -0.05) is 17.7 Å². The standard InChI is InChI=1S/C23H24ClN5O3/c1-23(2,3)32-22(30)29-12-15-10-16(29)11-28(15)19-8-7-18-20(27-19)21(26-13-25-18)31-17-6-4-5-14(24)9-17/h4-9,13,15-16H,10-12H2,1-3H3/t15-,16-/m0/s1. The van der Waals surface area contributed by atoms with E-state index in [2.05, 4.69) is 14.9 Å². The molecule has 32 heavy (non-hydrogen) atoms. The van der Waals surface area contributed by atoms with E-state index < -0.39 is 5.60 Å². The van der Waals surface area contributed by atoms with Crippen LogP contribution in [-0.4, -0.2) is 56.7 Å².